The van der Waals surface area contributed by atoms with Crippen LogP contribution in [-0.4, -0.2) is 31.3 Å². The van der Waals surface area contributed by atoms with Crippen molar-refractivity contribution in [2.45, 2.75) is 45.7 Å². The van der Waals surface area contributed by atoms with Crippen molar-refractivity contribution in [3.63, 3.8) is 0 Å². The maximum Gasteiger partial charge on any atom is 0.226 e. The van der Waals surface area contributed by atoms with Gasteiger partial charge in [-0.25, -0.2) is 15.0 Å². The van der Waals surface area contributed by atoms with E-state index in [1.807, 2.05) is 35.4 Å². The fourth-order valence-corrected chi connectivity index (χ4v) is 4.20. The Morgan fingerprint density at radius 2 is 2.20 bits per heavy atom. The summed E-state index contributed by atoms with van der Waals surface area (Å²) < 4.78 is 2.00. The lowest BCUT2D eigenvalue weighted by Crippen LogP contribution is -2.24. The van der Waals surface area contributed by atoms with E-state index < -0.39 is 0 Å². The minimum Gasteiger partial charge on any atom is -0.331 e. The van der Waals surface area contributed by atoms with E-state index in [-0.39, 0.29) is 0 Å². The van der Waals surface area contributed by atoms with Gasteiger partial charge in [0.1, 0.15) is 5.01 Å². The van der Waals surface area contributed by atoms with Crippen LogP contribution in [0.25, 0.3) is 11.3 Å². The van der Waals surface area contributed by atoms with Gasteiger partial charge in [-0.3, -0.25) is 4.68 Å². The van der Waals surface area contributed by atoms with Crippen molar-refractivity contribution in [3.05, 3.63) is 40.7 Å². The number of rotatable bonds is 5. The van der Waals surface area contributed by atoms with Crippen LogP contribution in [0.15, 0.2) is 30.0 Å². The van der Waals surface area contributed by atoms with E-state index in [1.54, 1.807) is 11.3 Å². The van der Waals surface area contributed by atoms with Crippen LogP contribution in [0.3, 0.4) is 0 Å². The molecule has 1 aliphatic heterocycles. The Morgan fingerprint density at radius 3 is 3.00 bits per heavy atom. The van der Waals surface area contributed by atoms with Gasteiger partial charge in [0.2, 0.25) is 5.95 Å². The van der Waals surface area contributed by atoms with Crippen LogP contribution in [0.1, 0.15) is 42.9 Å². The largest absolute Gasteiger partial charge is 0.331 e. The van der Waals surface area contributed by atoms with Gasteiger partial charge < -0.3 is 4.90 Å². The first kappa shape index (κ1) is 16.2. The molecule has 4 heterocycles. The van der Waals surface area contributed by atoms with Gasteiger partial charge >= 0.3 is 0 Å². The van der Waals surface area contributed by atoms with Gasteiger partial charge in [0, 0.05) is 42.6 Å². The Hall–Kier alpha value is -2.28. The molecule has 0 aromatic carbocycles. The van der Waals surface area contributed by atoms with Crippen molar-refractivity contribution in [3.8, 4) is 11.3 Å². The van der Waals surface area contributed by atoms with E-state index in [0.717, 1.165) is 60.3 Å². The molecule has 0 N–H and O–H groups in total. The zero-order valence-corrected chi connectivity index (χ0v) is 15.4. The predicted octanol–water partition coefficient (Wildman–Crippen LogP) is 3.86. The number of aromatic nitrogens is 5. The van der Waals surface area contributed by atoms with Gasteiger partial charge in [0.25, 0.3) is 0 Å². The van der Waals surface area contributed by atoms with Crippen molar-refractivity contribution in [1.29, 1.82) is 0 Å². The maximum atomic E-state index is 4.86. The Labute approximate surface area is 151 Å². The standard InChI is InChI=1S/C18H22N6S/c1-3-9-23-12-14(13(2)22-23)15-6-7-20-18(21-15)24-10-4-5-16(24)17-19-8-11-25-17/h6-8,11-12,16H,3-5,9-10H2,1-2H3. The lowest BCUT2D eigenvalue weighted by atomic mass is 10.2. The highest BCUT2D eigenvalue weighted by Gasteiger charge is 2.30. The predicted molar refractivity (Wildman–Crippen MR) is 99.7 cm³/mol. The van der Waals surface area contributed by atoms with Crippen LogP contribution in [0.2, 0.25) is 0 Å². The highest BCUT2D eigenvalue weighted by molar-refractivity contribution is 7.09. The lowest BCUT2D eigenvalue weighted by Gasteiger charge is -2.23. The summed E-state index contributed by atoms with van der Waals surface area (Å²) in [5.74, 6) is 0.790. The third-order valence-corrected chi connectivity index (χ3v) is 5.44. The van der Waals surface area contributed by atoms with E-state index in [4.69, 9.17) is 4.98 Å². The number of nitrogens with zero attached hydrogens (tertiary/aromatic N) is 6. The zero-order chi connectivity index (χ0) is 17.2. The molecule has 0 bridgehead atoms. The molecule has 130 valence electrons. The molecule has 0 saturated carbocycles. The normalized spacial score (nSPS) is 17.4. The molecule has 1 fully saturated rings. The van der Waals surface area contributed by atoms with Crippen molar-refractivity contribution in [2.24, 2.45) is 0 Å². The summed E-state index contributed by atoms with van der Waals surface area (Å²) in [7, 11) is 0. The minimum absolute atomic E-state index is 0.291. The smallest absolute Gasteiger partial charge is 0.226 e. The molecular formula is C18H22N6S. The molecule has 6 nitrogen and oxygen atoms in total. The van der Waals surface area contributed by atoms with Crippen LogP contribution in [-0.2, 0) is 6.54 Å². The molecular weight excluding hydrogens is 332 g/mol. The number of aryl methyl sites for hydroxylation is 2. The van der Waals surface area contributed by atoms with E-state index in [9.17, 15) is 0 Å². The molecule has 3 aromatic heterocycles. The van der Waals surface area contributed by atoms with Gasteiger partial charge in [0.05, 0.1) is 17.4 Å². The molecule has 1 atom stereocenters. The van der Waals surface area contributed by atoms with Crippen molar-refractivity contribution >= 4 is 17.3 Å². The molecule has 1 aliphatic rings. The van der Waals surface area contributed by atoms with E-state index >= 15 is 0 Å². The molecule has 7 heteroatoms. The Balaban J connectivity index is 1.65. The summed E-state index contributed by atoms with van der Waals surface area (Å²) in [6.07, 6.45) is 9.14. The summed E-state index contributed by atoms with van der Waals surface area (Å²) >= 11 is 1.71. The van der Waals surface area contributed by atoms with E-state index in [0.29, 0.717) is 6.04 Å². The monoisotopic (exact) mass is 354 g/mol. The number of hydrogen-bond acceptors (Lipinski definition) is 6. The van der Waals surface area contributed by atoms with E-state index in [2.05, 4.69) is 33.1 Å². The fraction of sp³-hybridized carbons (Fsp3) is 0.444. The molecule has 1 saturated heterocycles. The van der Waals surface area contributed by atoms with Crippen LogP contribution < -0.4 is 4.90 Å². The minimum atomic E-state index is 0.291. The molecule has 4 rings (SSSR count). The summed E-state index contributed by atoms with van der Waals surface area (Å²) in [5.41, 5.74) is 3.03. The second-order valence-corrected chi connectivity index (χ2v) is 7.28. The SMILES string of the molecule is CCCn1cc(-c2ccnc(N3CCCC3c3nccs3)n2)c(C)n1. The van der Waals surface area contributed by atoms with Crippen molar-refractivity contribution in [1.82, 2.24) is 24.7 Å². The number of thiazole rings is 1. The topological polar surface area (TPSA) is 59.7 Å². The van der Waals surface area contributed by atoms with Crippen LogP contribution in [0, 0.1) is 6.92 Å². The van der Waals surface area contributed by atoms with Gasteiger partial charge in [0.15, 0.2) is 0 Å². The maximum absolute atomic E-state index is 4.86. The van der Waals surface area contributed by atoms with Crippen LogP contribution in [0.5, 0.6) is 0 Å². The van der Waals surface area contributed by atoms with Gasteiger partial charge in [-0.05, 0) is 32.3 Å². The van der Waals surface area contributed by atoms with Crippen LogP contribution in [0.4, 0.5) is 5.95 Å². The second kappa shape index (κ2) is 6.92. The van der Waals surface area contributed by atoms with Gasteiger partial charge in [-0.15, -0.1) is 11.3 Å². The van der Waals surface area contributed by atoms with Gasteiger partial charge in [-0.2, -0.15) is 5.10 Å². The molecule has 25 heavy (non-hydrogen) atoms. The fourth-order valence-electron chi connectivity index (χ4n) is 3.41. The summed E-state index contributed by atoms with van der Waals surface area (Å²) in [6.45, 7) is 6.10. The first-order valence-corrected chi connectivity index (χ1v) is 9.67. The van der Waals surface area contributed by atoms with Crippen LogP contribution >= 0.6 is 11.3 Å². The summed E-state index contributed by atoms with van der Waals surface area (Å²) in [6, 6.07) is 2.26. The molecule has 0 radical (unpaired) electrons. The highest BCUT2D eigenvalue weighted by Crippen LogP contribution is 2.35. The first-order valence-electron chi connectivity index (χ1n) is 8.79. The lowest BCUT2D eigenvalue weighted by molar-refractivity contribution is 0.598. The molecule has 3 aromatic rings. The third kappa shape index (κ3) is 3.16. The first-order chi connectivity index (χ1) is 12.3. The average molecular weight is 354 g/mol. The van der Waals surface area contributed by atoms with Gasteiger partial charge in [-0.1, -0.05) is 6.92 Å². The summed E-state index contributed by atoms with van der Waals surface area (Å²) in [4.78, 5) is 16.2. The van der Waals surface area contributed by atoms with E-state index in [1.165, 1.54) is 0 Å². The Morgan fingerprint density at radius 1 is 1.28 bits per heavy atom. The molecule has 0 aliphatic carbocycles. The summed E-state index contributed by atoms with van der Waals surface area (Å²) in [5, 5.41) is 7.78. The molecule has 1 unspecified atom stereocenters. The Bertz CT molecular complexity index is 841. The zero-order valence-electron chi connectivity index (χ0n) is 14.6. The van der Waals surface area contributed by atoms with Crippen molar-refractivity contribution in [2.75, 3.05) is 11.4 Å². The quantitative estimate of drug-likeness (QED) is 0.696. The average Bonchev–Trinajstić information content (AvgIpc) is 3.35. The highest BCUT2D eigenvalue weighted by atomic mass is 32.1. The molecule has 0 amide bonds. The molecule has 0 spiro atoms. The van der Waals surface area contributed by atoms with Crippen molar-refractivity contribution < 1.29 is 0 Å². The number of anilines is 1. The second-order valence-electron chi connectivity index (χ2n) is 6.35. The number of hydrogen-bond donors (Lipinski definition) is 0. The third-order valence-electron chi connectivity index (χ3n) is 4.56. The Kier molecular flexibility index (Phi) is 4.48.